The van der Waals surface area contributed by atoms with Crippen LogP contribution in [0.2, 0.25) is 0 Å². The Kier molecular flexibility index (Phi) is 15.3. The number of benzene rings is 1. The molecule has 41 heavy (non-hydrogen) atoms. The number of rotatable bonds is 20. The Hall–Kier alpha value is -3.76. The third-order valence-electron chi connectivity index (χ3n) is 5.93. The molecule has 0 aliphatic heterocycles. The number of nitrogens with two attached hydrogens (primary N) is 1. The van der Waals surface area contributed by atoms with Crippen LogP contribution in [-0.4, -0.2) is 91.7 Å². The van der Waals surface area contributed by atoms with Gasteiger partial charge in [-0.2, -0.15) is 8.42 Å². The van der Waals surface area contributed by atoms with Crippen LogP contribution in [0.1, 0.15) is 55.8 Å². The molecule has 0 fully saturated rings. The second-order valence-electron chi connectivity index (χ2n) is 9.31. The van der Waals surface area contributed by atoms with Gasteiger partial charge in [0.2, 0.25) is 17.7 Å². The lowest BCUT2D eigenvalue weighted by Crippen LogP contribution is -2.52. The maximum Gasteiger partial charge on any atom is 0.326 e. The fraction of sp³-hybridized carbons (Fsp3) is 0.560. The van der Waals surface area contributed by atoms with Crippen molar-refractivity contribution < 1.29 is 42.0 Å². The quantitative estimate of drug-likeness (QED) is 0.0680. The summed E-state index contributed by atoms with van der Waals surface area (Å²) in [4.78, 5) is 60.2. The Labute approximate surface area is 239 Å². The van der Waals surface area contributed by atoms with Crippen molar-refractivity contribution in [3.63, 3.8) is 0 Å². The Morgan fingerprint density at radius 3 is 2.12 bits per heavy atom. The van der Waals surface area contributed by atoms with Gasteiger partial charge in [0.25, 0.3) is 16.0 Å². The van der Waals surface area contributed by atoms with Crippen LogP contribution in [-0.2, 0) is 29.3 Å². The van der Waals surface area contributed by atoms with Gasteiger partial charge in [0, 0.05) is 30.8 Å². The van der Waals surface area contributed by atoms with Gasteiger partial charge in [0.1, 0.15) is 18.1 Å². The number of primary amides is 1. The summed E-state index contributed by atoms with van der Waals surface area (Å²) in [5, 5.41) is 22.3. The number of hydrogen-bond acceptors (Lipinski definition) is 9. The molecule has 0 bridgehead atoms. The molecule has 230 valence electrons. The van der Waals surface area contributed by atoms with Crippen LogP contribution in [0.3, 0.4) is 0 Å². The van der Waals surface area contributed by atoms with Gasteiger partial charge < -0.3 is 37.4 Å². The third-order valence-corrected chi connectivity index (χ3v) is 6.68. The molecule has 3 atom stereocenters. The van der Waals surface area contributed by atoms with E-state index in [1.807, 2.05) is 12.1 Å². The molecule has 0 spiro atoms. The second kappa shape index (κ2) is 17.8. The van der Waals surface area contributed by atoms with E-state index in [0.717, 1.165) is 18.7 Å². The van der Waals surface area contributed by atoms with E-state index in [4.69, 9.17) is 10.3 Å². The summed E-state index contributed by atoms with van der Waals surface area (Å²) in [7, 11) is -3.27. The van der Waals surface area contributed by atoms with Gasteiger partial charge in [-0.15, -0.1) is 0 Å². The molecule has 0 aromatic heterocycles. The highest BCUT2D eigenvalue weighted by Gasteiger charge is 2.28. The van der Waals surface area contributed by atoms with Crippen molar-refractivity contribution in [1.82, 2.24) is 21.3 Å². The van der Waals surface area contributed by atoms with E-state index in [1.54, 1.807) is 12.1 Å². The van der Waals surface area contributed by atoms with Crippen LogP contribution in [0.15, 0.2) is 24.3 Å². The summed E-state index contributed by atoms with van der Waals surface area (Å²) in [5.74, 6) is -5.15. The fourth-order valence-corrected chi connectivity index (χ4v) is 4.38. The lowest BCUT2D eigenvalue weighted by Gasteiger charge is -2.20. The first kappa shape index (κ1) is 35.3. The molecule has 9 N–H and O–H groups in total. The van der Waals surface area contributed by atoms with Gasteiger partial charge in [0.05, 0.1) is 5.75 Å². The van der Waals surface area contributed by atoms with E-state index in [9.17, 15) is 37.5 Å². The van der Waals surface area contributed by atoms with Crippen molar-refractivity contribution in [2.75, 3.05) is 31.2 Å². The Morgan fingerprint density at radius 2 is 1.59 bits per heavy atom. The van der Waals surface area contributed by atoms with Gasteiger partial charge in [-0.25, -0.2) is 4.79 Å². The standard InChI is InChI=1S/C25H40N6O9S/c1-3-13-28-17-9-7-16(8-10-17)23(34)29-14-5-4-6-18(22(26)33)30-21(32)12-11-19(25(36)37)31-24(35)20(27-2)15-41(38,39)40/h7-10,18-20,27-28H,3-6,11-15H2,1-2H3,(H2,26,33)(H,29,34)(H,30,32)(H,31,35)(H,36,37)(H,38,39,40)/t18-,19-,20?/m0/s1. The normalized spacial score (nSPS) is 13.3. The van der Waals surface area contributed by atoms with Gasteiger partial charge >= 0.3 is 5.97 Å². The van der Waals surface area contributed by atoms with Crippen LogP contribution < -0.4 is 32.3 Å². The van der Waals surface area contributed by atoms with Crippen molar-refractivity contribution in [2.45, 2.75) is 63.6 Å². The summed E-state index contributed by atoms with van der Waals surface area (Å²) in [6.45, 7) is 3.22. The minimum atomic E-state index is -4.52. The van der Waals surface area contributed by atoms with E-state index < -0.39 is 57.7 Å². The number of likely N-dealkylation sites (N-methyl/N-ethyl adjacent to an activating group) is 1. The zero-order valence-corrected chi connectivity index (χ0v) is 24.0. The first-order chi connectivity index (χ1) is 19.3. The summed E-state index contributed by atoms with van der Waals surface area (Å²) in [6.07, 6.45) is 1.38. The number of hydrogen-bond donors (Lipinski definition) is 8. The summed E-state index contributed by atoms with van der Waals surface area (Å²) < 4.78 is 31.0. The van der Waals surface area contributed by atoms with Gasteiger partial charge in [-0.3, -0.25) is 23.7 Å². The first-order valence-electron chi connectivity index (χ1n) is 13.1. The van der Waals surface area contributed by atoms with Crippen molar-refractivity contribution in [3.05, 3.63) is 29.8 Å². The molecule has 0 saturated carbocycles. The summed E-state index contributed by atoms with van der Waals surface area (Å²) in [5.41, 5.74) is 6.80. The van der Waals surface area contributed by atoms with Crippen LogP contribution in [0.4, 0.5) is 5.69 Å². The molecule has 0 heterocycles. The highest BCUT2D eigenvalue weighted by atomic mass is 32.2. The highest BCUT2D eigenvalue weighted by molar-refractivity contribution is 7.85. The lowest BCUT2D eigenvalue weighted by atomic mass is 10.1. The number of aliphatic carboxylic acids is 1. The fourth-order valence-electron chi connectivity index (χ4n) is 3.64. The Balaban J connectivity index is 2.49. The predicted octanol–water partition coefficient (Wildman–Crippen LogP) is -0.796. The average molecular weight is 601 g/mol. The molecule has 15 nitrogen and oxygen atoms in total. The zero-order valence-electron chi connectivity index (χ0n) is 23.1. The molecule has 4 amide bonds. The maximum atomic E-state index is 12.4. The predicted molar refractivity (Wildman–Crippen MR) is 151 cm³/mol. The van der Waals surface area contributed by atoms with Crippen molar-refractivity contribution in [3.8, 4) is 0 Å². The maximum absolute atomic E-state index is 12.4. The molecular formula is C25H40N6O9S. The first-order valence-corrected chi connectivity index (χ1v) is 14.7. The molecule has 16 heteroatoms. The Bertz CT molecular complexity index is 1140. The van der Waals surface area contributed by atoms with Crippen LogP contribution >= 0.6 is 0 Å². The lowest BCUT2D eigenvalue weighted by molar-refractivity contribution is -0.142. The Morgan fingerprint density at radius 1 is 0.927 bits per heavy atom. The molecule has 0 aliphatic rings. The SMILES string of the molecule is CCCNc1ccc(C(=O)NCCCC[C@H](NC(=O)CC[C@H](NC(=O)C(CS(=O)(=O)O)NC)C(=O)O)C(N)=O)cc1. The number of carbonyl (C=O) groups excluding carboxylic acids is 4. The van der Waals surface area contributed by atoms with Crippen LogP contribution in [0, 0.1) is 0 Å². The molecule has 1 aromatic carbocycles. The monoisotopic (exact) mass is 600 g/mol. The largest absolute Gasteiger partial charge is 0.480 e. The number of amides is 4. The van der Waals surface area contributed by atoms with Gasteiger partial charge in [-0.1, -0.05) is 6.92 Å². The van der Waals surface area contributed by atoms with Gasteiger partial charge in [0.15, 0.2) is 0 Å². The highest BCUT2D eigenvalue weighted by Crippen LogP contribution is 2.10. The molecular weight excluding hydrogens is 560 g/mol. The number of anilines is 1. The van der Waals surface area contributed by atoms with Crippen molar-refractivity contribution in [2.24, 2.45) is 5.73 Å². The minimum absolute atomic E-state index is 0.188. The molecule has 0 aliphatic carbocycles. The third kappa shape index (κ3) is 14.4. The van der Waals surface area contributed by atoms with Crippen LogP contribution in [0.5, 0.6) is 0 Å². The van der Waals surface area contributed by atoms with E-state index >= 15 is 0 Å². The number of nitrogens with one attached hydrogen (secondary N) is 5. The number of carboxylic acids is 1. The number of carbonyl (C=O) groups is 5. The van der Waals surface area contributed by atoms with Crippen molar-refractivity contribution in [1.29, 1.82) is 0 Å². The van der Waals surface area contributed by atoms with E-state index in [2.05, 4.69) is 33.5 Å². The molecule has 0 saturated heterocycles. The molecule has 1 unspecified atom stereocenters. The number of carboxylic acid groups (broad SMARTS) is 1. The molecule has 0 radical (unpaired) electrons. The van der Waals surface area contributed by atoms with E-state index in [0.29, 0.717) is 24.9 Å². The summed E-state index contributed by atoms with van der Waals surface area (Å²) in [6, 6.07) is 3.09. The van der Waals surface area contributed by atoms with Gasteiger partial charge in [-0.05, 0) is 63.4 Å². The second-order valence-corrected chi connectivity index (χ2v) is 10.8. The minimum Gasteiger partial charge on any atom is -0.480 e. The van der Waals surface area contributed by atoms with Crippen LogP contribution in [0.25, 0.3) is 0 Å². The topological polar surface area (TPSA) is 246 Å². The zero-order chi connectivity index (χ0) is 31.0. The van der Waals surface area contributed by atoms with Crippen molar-refractivity contribution >= 4 is 45.4 Å². The number of unbranched alkanes of at least 4 members (excludes halogenated alkanes) is 1. The average Bonchev–Trinajstić information content (AvgIpc) is 2.91. The molecule has 1 rings (SSSR count). The summed E-state index contributed by atoms with van der Waals surface area (Å²) >= 11 is 0. The smallest absolute Gasteiger partial charge is 0.326 e. The molecule has 1 aromatic rings. The van der Waals surface area contributed by atoms with E-state index in [-0.39, 0.29) is 25.2 Å². The van der Waals surface area contributed by atoms with E-state index in [1.165, 1.54) is 7.05 Å².